The van der Waals surface area contributed by atoms with Crippen LogP contribution < -0.4 is 5.32 Å². The third-order valence-electron chi connectivity index (χ3n) is 7.18. The Bertz CT molecular complexity index is 704. The van der Waals surface area contributed by atoms with Crippen molar-refractivity contribution in [1.82, 2.24) is 5.32 Å². The molecule has 0 spiro atoms. The van der Waals surface area contributed by atoms with E-state index in [1.165, 1.54) is 12.7 Å². The molecule has 24 heavy (non-hydrogen) atoms. The molecule has 1 aliphatic heterocycles. The first-order valence-corrected chi connectivity index (χ1v) is 8.90. The number of hydrogen-bond acceptors (Lipinski definition) is 3. The lowest BCUT2D eigenvalue weighted by atomic mass is 9.53. The maximum atomic E-state index is 12.2. The highest BCUT2D eigenvalue weighted by Gasteiger charge is 2.57. The first-order valence-electron chi connectivity index (χ1n) is 8.90. The van der Waals surface area contributed by atoms with Gasteiger partial charge in [-0.3, -0.25) is 9.59 Å². The zero-order chi connectivity index (χ0) is 17.1. The minimum Gasteiger partial charge on any atom is -0.469 e. The maximum Gasteiger partial charge on any atom is 0.309 e. The Hall–Kier alpha value is -1.84. The third kappa shape index (κ3) is 1.92. The van der Waals surface area contributed by atoms with Gasteiger partial charge < -0.3 is 10.1 Å². The van der Waals surface area contributed by atoms with Crippen molar-refractivity contribution >= 4 is 11.9 Å². The molecule has 4 aliphatic rings. The number of carbonyl (C=O) groups excluding carboxylic acids is 2. The molecule has 2 fully saturated rings. The lowest BCUT2D eigenvalue weighted by Crippen LogP contribution is -2.48. The van der Waals surface area contributed by atoms with E-state index >= 15 is 0 Å². The van der Waals surface area contributed by atoms with E-state index in [9.17, 15) is 9.59 Å². The summed E-state index contributed by atoms with van der Waals surface area (Å²) in [5.41, 5.74) is 2.33. The quantitative estimate of drug-likeness (QED) is 0.753. The molecule has 128 valence electrons. The summed E-state index contributed by atoms with van der Waals surface area (Å²) >= 11 is 0. The molecule has 0 bridgehead atoms. The normalized spacial score (nSPS) is 43.0. The van der Waals surface area contributed by atoms with Gasteiger partial charge in [-0.1, -0.05) is 24.6 Å². The largest absolute Gasteiger partial charge is 0.469 e. The van der Waals surface area contributed by atoms with E-state index < -0.39 is 0 Å². The molecule has 1 N–H and O–H groups in total. The van der Waals surface area contributed by atoms with Gasteiger partial charge in [0.15, 0.2) is 0 Å². The van der Waals surface area contributed by atoms with Crippen molar-refractivity contribution in [1.29, 1.82) is 0 Å². The molecule has 3 aliphatic carbocycles. The van der Waals surface area contributed by atoms with E-state index in [1.807, 2.05) is 0 Å². The van der Waals surface area contributed by atoms with E-state index in [4.69, 9.17) is 4.74 Å². The standard InChI is InChI=1S/C20H25NO3/c1-19-10-8-14-12(13(19)5-6-15(19)18(23)24-3)4-7-16-20(14,2)11-9-17(22)21-16/h4,7,9,11,13-15H,5-6,8,10H2,1-3H3,(H,21,22)/t13-,14-,15+,19-,20+/m0/s1. The number of ether oxygens (including phenoxy) is 1. The first-order chi connectivity index (χ1) is 11.4. The molecule has 1 amide bonds. The van der Waals surface area contributed by atoms with Crippen LogP contribution in [-0.4, -0.2) is 19.0 Å². The van der Waals surface area contributed by atoms with Crippen LogP contribution in [0.15, 0.2) is 35.6 Å². The smallest absolute Gasteiger partial charge is 0.309 e. The zero-order valence-electron chi connectivity index (χ0n) is 14.6. The predicted molar refractivity (Wildman–Crippen MR) is 90.6 cm³/mol. The highest BCUT2D eigenvalue weighted by Crippen LogP contribution is 2.63. The summed E-state index contributed by atoms with van der Waals surface area (Å²) in [6, 6.07) is 0. The number of rotatable bonds is 1. The van der Waals surface area contributed by atoms with Crippen molar-refractivity contribution in [3.63, 3.8) is 0 Å². The fourth-order valence-electron chi connectivity index (χ4n) is 5.76. The van der Waals surface area contributed by atoms with E-state index in [1.54, 1.807) is 6.08 Å². The first kappa shape index (κ1) is 15.7. The average Bonchev–Trinajstić information content (AvgIpc) is 2.92. The van der Waals surface area contributed by atoms with Gasteiger partial charge in [-0.05, 0) is 55.9 Å². The summed E-state index contributed by atoms with van der Waals surface area (Å²) in [7, 11) is 1.50. The molecule has 0 unspecified atom stereocenters. The van der Waals surface area contributed by atoms with Gasteiger partial charge in [0.05, 0.1) is 13.0 Å². The van der Waals surface area contributed by atoms with Gasteiger partial charge in [-0.15, -0.1) is 0 Å². The van der Waals surface area contributed by atoms with Crippen LogP contribution in [0.2, 0.25) is 0 Å². The second-order valence-corrected chi connectivity index (χ2v) is 8.16. The molecule has 0 saturated heterocycles. The minimum atomic E-state index is -0.136. The van der Waals surface area contributed by atoms with Crippen molar-refractivity contribution in [3.05, 3.63) is 35.6 Å². The molecule has 0 aromatic carbocycles. The molecule has 4 nitrogen and oxygen atoms in total. The van der Waals surface area contributed by atoms with Crippen LogP contribution in [0.1, 0.15) is 39.5 Å². The molecule has 4 rings (SSSR count). The van der Waals surface area contributed by atoms with Gasteiger partial charge in [0.1, 0.15) is 0 Å². The summed E-state index contributed by atoms with van der Waals surface area (Å²) in [6.07, 6.45) is 12.1. The van der Waals surface area contributed by atoms with Crippen molar-refractivity contribution in [2.45, 2.75) is 39.5 Å². The van der Waals surface area contributed by atoms with Gasteiger partial charge in [-0.25, -0.2) is 0 Å². The molecule has 2 saturated carbocycles. The number of methoxy groups -OCH3 is 1. The van der Waals surface area contributed by atoms with Crippen LogP contribution in [0.4, 0.5) is 0 Å². The van der Waals surface area contributed by atoms with Crippen LogP contribution in [0.5, 0.6) is 0 Å². The Kier molecular flexibility index (Phi) is 3.32. The second-order valence-electron chi connectivity index (χ2n) is 8.16. The van der Waals surface area contributed by atoms with Gasteiger partial charge >= 0.3 is 5.97 Å². The highest BCUT2D eigenvalue weighted by molar-refractivity contribution is 5.91. The van der Waals surface area contributed by atoms with Crippen LogP contribution in [0.25, 0.3) is 0 Å². The number of esters is 1. The minimum absolute atomic E-state index is 0.00123. The summed E-state index contributed by atoms with van der Waals surface area (Å²) in [4.78, 5) is 23.9. The fourth-order valence-corrected chi connectivity index (χ4v) is 5.76. The number of hydrogen-bond donors (Lipinski definition) is 1. The van der Waals surface area contributed by atoms with Crippen LogP contribution >= 0.6 is 0 Å². The van der Waals surface area contributed by atoms with Crippen LogP contribution in [0.3, 0.4) is 0 Å². The van der Waals surface area contributed by atoms with Crippen molar-refractivity contribution in [3.8, 4) is 0 Å². The molecule has 0 radical (unpaired) electrons. The van der Waals surface area contributed by atoms with Gasteiger partial charge in [-0.2, -0.15) is 0 Å². The number of fused-ring (bicyclic) bond motifs is 5. The third-order valence-corrected chi connectivity index (χ3v) is 7.18. The monoisotopic (exact) mass is 327 g/mol. The summed E-state index contributed by atoms with van der Waals surface area (Å²) < 4.78 is 5.07. The Morgan fingerprint density at radius 2 is 2.00 bits per heavy atom. The maximum absolute atomic E-state index is 12.2. The number of amides is 1. The fraction of sp³-hybridized carbons (Fsp3) is 0.600. The summed E-state index contributed by atoms with van der Waals surface area (Å²) in [5.74, 6) is 0.754. The second kappa shape index (κ2) is 5.08. The van der Waals surface area contributed by atoms with Gasteiger partial charge in [0.2, 0.25) is 5.91 Å². The molecular formula is C20H25NO3. The van der Waals surface area contributed by atoms with E-state index in [-0.39, 0.29) is 28.6 Å². The molecular weight excluding hydrogens is 302 g/mol. The van der Waals surface area contributed by atoms with E-state index in [0.717, 1.165) is 31.4 Å². The summed E-state index contributed by atoms with van der Waals surface area (Å²) in [6.45, 7) is 4.49. The van der Waals surface area contributed by atoms with Crippen LogP contribution in [-0.2, 0) is 14.3 Å². The van der Waals surface area contributed by atoms with Gasteiger partial charge in [0.25, 0.3) is 0 Å². The van der Waals surface area contributed by atoms with Crippen molar-refractivity contribution in [2.75, 3.05) is 7.11 Å². The summed E-state index contributed by atoms with van der Waals surface area (Å²) in [5, 5.41) is 3.01. The Balaban J connectivity index is 1.73. The SMILES string of the molecule is COC(=O)[C@H]1CC[C@H]2C3=CC=C4NC(=O)C=C[C@]4(C)[C@H]3CC[C@]12C. The number of carbonyl (C=O) groups is 2. The molecule has 5 atom stereocenters. The van der Waals surface area contributed by atoms with Gasteiger partial charge in [0, 0.05) is 17.2 Å². The lowest BCUT2D eigenvalue weighted by Gasteiger charge is -2.52. The predicted octanol–water partition coefficient (Wildman–Crippen LogP) is 3.12. The molecule has 0 aromatic heterocycles. The Morgan fingerprint density at radius 1 is 1.21 bits per heavy atom. The lowest BCUT2D eigenvalue weighted by molar-refractivity contribution is -0.150. The topological polar surface area (TPSA) is 55.4 Å². The van der Waals surface area contributed by atoms with E-state index in [2.05, 4.69) is 37.4 Å². The number of nitrogens with one attached hydrogen (secondary N) is 1. The van der Waals surface area contributed by atoms with E-state index in [0.29, 0.717) is 11.8 Å². The zero-order valence-corrected chi connectivity index (χ0v) is 14.6. The molecule has 0 aromatic rings. The van der Waals surface area contributed by atoms with Crippen molar-refractivity contribution in [2.24, 2.45) is 28.6 Å². The average molecular weight is 327 g/mol. The highest BCUT2D eigenvalue weighted by atomic mass is 16.5. The molecule has 1 heterocycles. The Labute approximate surface area is 143 Å². The van der Waals surface area contributed by atoms with Crippen molar-refractivity contribution < 1.29 is 14.3 Å². The number of allylic oxidation sites excluding steroid dienone is 4. The Morgan fingerprint density at radius 3 is 2.75 bits per heavy atom. The molecule has 4 heteroatoms. The van der Waals surface area contributed by atoms with Crippen LogP contribution in [0, 0.1) is 28.6 Å².